The third kappa shape index (κ3) is 3.22. The SMILES string of the molecule is Cc1ccc(-c2csc(NC(=O)C3=Nc4cccc(O)c4C3)c2C(=O)O)c(F)c1F. The number of hydrogen-bond acceptors (Lipinski definition) is 5. The van der Waals surface area contributed by atoms with E-state index in [9.17, 15) is 28.6 Å². The molecule has 2 heterocycles. The molecule has 0 fully saturated rings. The Morgan fingerprint density at radius 1 is 1.13 bits per heavy atom. The number of thiophene rings is 1. The third-order valence-electron chi connectivity index (χ3n) is 4.79. The van der Waals surface area contributed by atoms with E-state index in [-0.39, 0.29) is 45.1 Å². The number of halogens is 2. The molecule has 1 aromatic heterocycles. The number of nitrogens with one attached hydrogen (secondary N) is 1. The number of carbonyl (C=O) groups excluding carboxylic acids is 1. The lowest BCUT2D eigenvalue weighted by Gasteiger charge is -2.08. The Balaban J connectivity index is 1.67. The van der Waals surface area contributed by atoms with Crippen LogP contribution in [0.2, 0.25) is 0 Å². The monoisotopic (exact) mass is 428 g/mol. The topological polar surface area (TPSA) is 99.0 Å². The van der Waals surface area contributed by atoms with Crippen LogP contribution in [0.4, 0.5) is 19.5 Å². The van der Waals surface area contributed by atoms with E-state index in [0.29, 0.717) is 11.3 Å². The molecule has 0 saturated heterocycles. The predicted molar refractivity (Wildman–Crippen MR) is 109 cm³/mol. The number of nitrogens with zero attached hydrogens (tertiary/aromatic N) is 1. The lowest BCUT2D eigenvalue weighted by Crippen LogP contribution is -2.23. The molecule has 3 N–H and O–H groups in total. The number of carboxylic acid groups (broad SMARTS) is 1. The van der Waals surface area contributed by atoms with Crippen LogP contribution in [0, 0.1) is 18.6 Å². The van der Waals surface area contributed by atoms with E-state index in [0.717, 1.165) is 11.3 Å². The van der Waals surface area contributed by atoms with Crippen molar-refractivity contribution in [3.8, 4) is 16.9 Å². The molecule has 0 radical (unpaired) electrons. The Morgan fingerprint density at radius 2 is 1.90 bits per heavy atom. The zero-order valence-electron chi connectivity index (χ0n) is 15.5. The van der Waals surface area contributed by atoms with Crippen molar-refractivity contribution < 1.29 is 28.6 Å². The quantitative estimate of drug-likeness (QED) is 0.562. The second kappa shape index (κ2) is 7.34. The van der Waals surface area contributed by atoms with Gasteiger partial charge in [0.2, 0.25) is 0 Å². The van der Waals surface area contributed by atoms with E-state index in [1.807, 2.05) is 0 Å². The van der Waals surface area contributed by atoms with Gasteiger partial charge in [-0.05, 0) is 24.6 Å². The molecule has 0 atom stereocenters. The number of rotatable bonds is 4. The molecule has 30 heavy (non-hydrogen) atoms. The molecule has 4 rings (SSSR count). The van der Waals surface area contributed by atoms with Crippen LogP contribution in [-0.4, -0.2) is 27.8 Å². The van der Waals surface area contributed by atoms with Crippen molar-refractivity contribution in [1.82, 2.24) is 0 Å². The normalized spacial score (nSPS) is 12.4. The van der Waals surface area contributed by atoms with Crippen molar-refractivity contribution in [2.24, 2.45) is 4.99 Å². The van der Waals surface area contributed by atoms with Crippen LogP contribution in [0.1, 0.15) is 21.5 Å². The van der Waals surface area contributed by atoms with Crippen molar-refractivity contribution in [2.45, 2.75) is 13.3 Å². The van der Waals surface area contributed by atoms with Crippen LogP contribution >= 0.6 is 11.3 Å². The lowest BCUT2D eigenvalue weighted by atomic mass is 10.0. The Kier molecular flexibility index (Phi) is 4.83. The Morgan fingerprint density at radius 3 is 2.60 bits per heavy atom. The number of carbonyl (C=O) groups is 2. The maximum atomic E-state index is 14.4. The van der Waals surface area contributed by atoms with Crippen LogP contribution < -0.4 is 5.32 Å². The summed E-state index contributed by atoms with van der Waals surface area (Å²) in [5.41, 5.74) is 0.586. The molecule has 2 aromatic carbocycles. The van der Waals surface area contributed by atoms with Crippen LogP contribution in [0.3, 0.4) is 0 Å². The van der Waals surface area contributed by atoms with E-state index in [2.05, 4.69) is 10.3 Å². The van der Waals surface area contributed by atoms with Gasteiger partial charge in [-0.15, -0.1) is 11.3 Å². The summed E-state index contributed by atoms with van der Waals surface area (Å²) in [5, 5.41) is 23.4. The highest BCUT2D eigenvalue weighted by atomic mass is 32.1. The van der Waals surface area contributed by atoms with Gasteiger partial charge in [-0.3, -0.25) is 4.79 Å². The number of fused-ring (bicyclic) bond motifs is 1. The summed E-state index contributed by atoms with van der Waals surface area (Å²) in [6.45, 7) is 1.40. The summed E-state index contributed by atoms with van der Waals surface area (Å²) in [7, 11) is 0. The number of phenolic OH excluding ortho intramolecular Hbond substituents is 1. The van der Waals surface area contributed by atoms with E-state index in [4.69, 9.17) is 0 Å². The zero-order valence-corrected chi connectivity index (χ0v) is 16.3. The van der Waals surface area contributed by atoms with Gasteiger partial charge in [-0.25, -0.2) is 18.6 Å². The largest absolute Gasteiger partial charge is 0.508 e. The molecule has 6 nitrogen and oxygen atoms in total. The minimum atomic E-state index is -1.39. The number of aryl methyl sites for hydroxylation is 1. The molecule has 3 aromatic rings. The second-order valence-corrected chi connectivity index (χ2v) is 7.56. The number of aliphatic imine (C=N–C) groups is 1. The van der Waals surface area contributed by atoms with Gasteiger partial charge in [0, 0.05) is 28.5 Å². The number of aromatic hydroxyl groups is 1. The van der Waals surface area contributed by atoms with Crippen molar-refractivity contribution >= 4 is 39.6 Å². The number of benzene rings is 2. The Hall–Kier alpha value is -3.59. The first-order chi connectivity index (χ1) is 14.3. The number of amides is 1. The molecule has 1 amide bonds. The fraction of sp³-hybridized carbons (Fsp3) is 0.0952. The highest BCUT2D eigenvalue weighted by Gasteiger charge is 2.27. The predicted octanol–water partition coefficient (Wildman–Crippen LogP) is 4.67. The van der Waals surface area contributed by atoms with E-state index >= 15 is 0 Å². The first-order valence-corrected chi connectivity index (χ1v) is 9.65. The van der Waals surface area contributed by atoms with Crippen LogP contribution in [0.25, 0.3) is 11.1 Å². The van der Waals surface area contributed by atoms with Crippen molar-refractivity contribution in [3.63, 3.8) is 0 Å². The number of carboxylic acids is 1. The summed E-state index contributed by atoms with van der Waals surface area (Å²) in [6.07, 6.45) is 0.0896. The molecule has 0 aliphatic carbocycles. The standard InChI is InChI=1S/C21H14F2N2O4S/c1-9-5-6-10(18(23)17(9)22)12-8-30-20(16(12)21(28)29)25-19(27)14-7-11-13(24-14)3-2-4-15(11)26/h2-6,8,26H,7H2,1H3,(H,25,27)(H,28,29). The number of hydrogen-bond donors (Lipinski definition) is 3. The first kappa shape index (κ1) is 19.7. The minimum Gasteiger partial charge on any atom is -0.508 e. The molecular formula is C21H14F2N2O4S. The van der Waals surface area contributed by atoms with E-state index in [1.54, 1.807) is 12.1 Å². The van der Waals surface area contributed by atoms with Gasteiger partial charge in [0.25, 0.3) is 5.91 Å². The maximum absolute atomic E-state index is 14.4. The van der Waals surface area contributed by atoms with Gasteiger partial charge in [-0.2, -0.15) is 0 Å². The summed E-state index contributed by atoms with van der Waals surface area (Å²) in [5.74, 6) is -4.23. The highest BCUT2D eigenvalue weighted by molar-refractivity contribution is 7.15. The lowest BCUT2D eigenvalue weighted by molar-refractivity contribution is -0.110. The van der Waals surface area contributed by atoms with E-state index in [1.165, 1.54) is 30.5 Å². The number of phenols is 1. The van der Waals surface area contributed by atoms with Crippen molar-refractivity contribution in [1.29, 1.82) is 0 Å². The first-order valence-electron chi connectivity index (χ1n) is 8.77. The molecule has 0 saturated carbocycles. The van der Waals surface area contributed by atoms with Gasteiger partial charge < -0.3 is 15.5 Å². The fourth-order valence-electron chi connectivity index (χ4n) is 3.22. The maximum Gasteiger partial charge on any atom is 0.339 e. The molecule has 1 aliphatic rings. The van der Waals surface area contributed by atoms with E-state index < -0.39 is 23.5 Å². The molecule has 0 spiro atoms. The average molecular weight is 428 g/mol. The summed E-state index contributed by atoms with van der Waals surface area (Å²) in [6, 6.07) is 7.39. The van der Waals surface area contributed by atoms with Gasteiger partial charge in [0.05, 0.1) is 5.69 Å². The van der Waals surface area contributed by atoms with Crippen LogP contribution in [-0.2, 0) is 11.2 Å². The Bertz CT molecular complexity index is 1250. The van der Waals surface area contributed by atoms with Crippen molar-refractivity contribution in [2.75, 3.05) is 5.32 Å². The van der Waals surface area contributed by atoms with Crippen molar-refractivity contribution in [3.05, 3.63) is 64.0 Å². The van der Waals surface area contributed by atoms with Crippen LogP contribution in [0.5, 0.6) is 5.75 Å². The van der Waals surface area contributed by atoms with Gasteiger partial charge in [0.1, 0.15) is 22.0 Å². The molecule has 0 bridgehead atoms. The summed E-state index contributed by atoms with van der Waals surface area (Å²) >= 11 is 0.886. The third-order valence-corrected chi connectivity index (χ3v) is 5.68. The second-order valence-electron chi connectivity index (χ2n) is 6.68. The molecule has 9 heteroatoms. The summed E-state index contributed by atoms with van der Waals surface area (Å²) < 4.78 is 28.4. The average Bonchev–Trinajstić information content (AvgIpc) is 3.31. The zero-order chi connectivity index (χ0) is 21.6. The van der Waals surface area contributed by atoms with Gasteiger partial charge in [-0.1, -0.05) is 18.2 Å². The Labute approximate surface area is 173 Å². The molecule has 152 valence electrons. The molecular weight excluding hydrogens is 414 g/mol. The summed E-state index contributed by atoms with van der Waals surface area (Å²) in [4.78, 5) is 28.7. The van der Waals surface area contributed by atoms with Crippen LogP contribution in [0.15, 0.2) is 40.7 Å². The minimum absolute atomic E-state index is 0.0144. The smallest absolute Gasteiger partial charge is 0.339 e. The highest BCUT2D eigenvalue weighted by Crippen LogP contribution is 2.38. The van der Waals surface area contributed by atoms with Gasteiger partial charge >= 0.3 is 5.97 Å². The fourth-order valence-corrected chi connectivity index (χ4v) is 4.17. The van der Waals surface area contributed by atoms with Gasteiger partial charge in [0.15, 0.2) is 11.6 Å². The molecule has 1 aliphatic heterocycles. The number of aromatic carboxylic acids is 1. The number of anilines is 1. The molecule has 0 unspecified atom stereocenters.